The molecule has 1 heterocycles. The van der Waals surface area contributed by atoms with Crippen LogP contribution in [-0.2, 0) is 0 Å². The summed E-state index contributed by atoms with van der Waals surface area (Å²) in [6.07, 6.45) is 1.01. The highest BCUT2D eigenvalue weighted by Crippen LogP contribution is 2.14. The van der Waals surface area contributed by atoms with Gasteiger partial charge in [0.2, 0.25) is 0 Å². The molecule has 0 saturated carbocycles. The smallest absolute Gasteiger partial charge is 0.335 e. The van der Waals surface area contributed by atoms with E-state index >= 15 is 0 Å². The molecule has 2 N–H and O–H groups in total. The normalized spacial score (nSPS) is 19.3. The fourth-order valence-corrected chi connectivity index (χ4v) is 2.47. The molecular weight excluding hydrogens is 270 g/mol. The van der Waals surface area contributed by atoms with Crippen LogP contribution in [0.1, 0.15) is 23.7 Å². The number of anilines is 1. The number of carboxylic acids is 1. The Bertz CT molecular complexity index is 515. The van der Waals surface area contributed by atoms with Crippen molar-refractivity contribution in [3.8, 4) is 0 Å². The van der Waals surface area contributed by atoms with Gasteiger partial charge < -0.3 is 15.3 Å². The Hall–Kier alpha value is -2.08. The second-order valence-corrected chi connectivity index (χ2v) is 5.30. The van der Waals surface area contributed by atoms with Gasteiger partial charge in [0.15, 0.2) is 0 Å². The van der Waals surface area contributed by atoms with Crippen LogP contribution in [0, 0.1) is 0 Å². The molecule has 6 nitrogen and oxygen atoms in total. The summed E-state index contributed by atoms with van der Waals surface area (Å²) in [6.45, 7) is 4.40. The lowest BCUT2D eigenvalue weighted by molar-refractivity contribution is 0.0697. The highest BCUT2D eigenvalue weighted by atomic mass is 16.4. The molecule has 21 heavy (non-hydrogen) atoms. The summed E-state index contributed by atoms with van der Waals surface area (Å²) in [4.78, 5) is 27.1. The van der Waals surface area contributed by atoms with Crippen LogP contribution in [0.5, 0.6) is 0 Å². The summed E-state index contributed by atoms with van der Waals surface area (Å²) < 4.78 is 0. The lowest BCUT2D eigenvalue weighted by atomic mass is 10.1. The molecule has 6 heteroatoms. The van der Waals surface area contributed by atoms with Crippen molar-refractivity contribution in [2.24, 2.45) is 0 Å². The van der Waals surface area contributed by atoms with Gasteiger partial charge in [0.05, 0.1) is 5.56 Å². The zero-order valence-corrected chi connectivity index (χ0v) is 12.4. The average molecular weight is 291 g/mol. The molecule has 1 aromatic carbocycles. The molecular formula is C15H21N3O3. The number of urea groups is 1. The summed E-state index contributed by atoms with van der Waals surface area (Å²) in [5.41, 5.74) is 0.815. The minimum atomic E-state index is -0.974. The molecule has 1 aliphatic heterocycles. The van der Waals surface area contributed by atoms with Gasteiger partial charge in [-0.05, 0) is 37.7 Å². The van der Waals surface area contributed by atoms with E-state index in [1.165, 1.54) is 12.1 Å². The molecule has 0 bridgehead atoms. The lowest BCUT2D eigenvalue weighted by Crippen LogP contribution is -2.53. The van der Waals surface area contributed by atoms with Gasteiger partial charge in [-0.1, -0.05) is 6.92 Å². The minimum Gasteiger partial charge on any atom is -0.478 e. The Kier molecular flexibility index (Phi) is 4.80. The standard InChI is InChI=1S/C15H21N3O3/c1-3-13-10-18(9-8-17(13)2)15(21)16-12-6-4-11(5-7-12)14(19)20/h4-7,13H,3,8-10H2,1-2H3,(H,16,21)(H,19,20). The lowest BCUT2D eigenvalue weighted by Gasteiger charge is -2.39. The number of benzene rings is 1. The highest BCUT2D eigenvalue weighted by molar-refractivity contribution is 5.91. The molecule has 1 atom stereocenters. The van der Waals surface area contributed by atoms with Crippen molar-refractivity contribution in [1.82, 2.24) is 9.80 Å². The quantitative estimate of drug-likeness (QED) is 0.892. The zero-order valence-electron chi connectivity index (χ0n) is 12.4. The third kappa shape index (κ3) is 3.72. The summed E-state index contributed by atoms with van der Waals surface area (Å²) >= 11 is 0. The summed E-state index contributed by atoms with van der Waals surface area (Å²) in [7, 11) is 2.08. The Morgan fingerprint density at radius 1 is 1.29 bits per heavy atom. The van der Waals surface area contributed by atoms with Crippen LogP contribution in [-0.4, -0.2) is 59.6 Å². The zero-order chi connectivity index (χ0) is 15.4. The monoisotopic (exact) mass is 291 g/mol. The summed E-state index contributed by atoms with van der Waals surface area (Å²) in [6, 6.07) is 6.43. The molecule has 0 radical (unpaired) electrons. The van der Waals surface area contributed by atoms with E-state index in [0.717, 1.165) is 13.0 Å². The molecule has 2 amide bonds. The number of likely N-dealkylation sites (N-methyl/N-ethyl adjacent to an activating group) is 1. The predicted molar refractivity (Wildman–Crippen MR) is 80.7 cm³/mol. The van der Waals surface area contributed by atoms with Crippen molar-refractivity contribution in [3.05, 3.63) is 29.8 Å². The van der Waals surface area contributed by atoms with Crippen LogP contribution < -0.4 is 5.32 Å². The molecule has 0 aromatic heterocycles. The molecule has 0 spiro atoms. The van der Waals surface area contributed by atoms with Crippen LogP contribution >= 0.6 is 0 Å². The van der Waals surface area contributed by atoms with E-state index in [9.17, 15) is 9.59 Å². The number of aromatic carboxylic acids is 1. The van der Waals surface area contributed by atoms with E-state index in [4.69, 9.17) is 5.11 Å². The van der Waals surface area contributed by atoms with E-state index in [-0.39, 0.29) is 11.6 Å². The van der Waals surface area contributed by atoms with Gasteiger partial charge in [0.25, 0.3) is 0 Å². The highest BCUT2D eigenvalue weighted by Gasteiger charge is 2.26. The molecule has 1 fully saturated rings. The number of carboxylic acid groups (broad SMARTS) is 1. The van der Waals surface area contributed by atoms with Crippen LogP contribution in [0.25, 0.3) is 0 Å². The number of amides is 2. The van der Waals surface area contributed by atoms with Gasteiger partial charge in [0.1, 0.15) is 0 Å². The maximum atomic E-state index is 12.2. The number of carbonyl (C=O) groups excluding carboxylic acids is 1. The van der Waals surface area contributed by atoms with Crippen molar-refractivity contribution >= 4 is 17.7 Å². The average Bonchev–Trinajstić information content (AvgIpc) is 2.48. The van der Waals surface area contributed by atoms with E-state index in [0.29, 0.717) is 24.8 Å². The van der Waals surface area contributed by atoms with Gasteiger partial charge in [-0.25, -0.2) is 9.59 Å². The minimum absolute atomic E-state index is 0.135. The first kappa shape index (κ1) is 15.3. The van der Waals surface area contributed by atoms with Crippen molar-refractivity contribution in [3.63, 3.8) is 0 Å². The van der Waals surface area contributed by atoms with Crippen molar-refractivity contribution < 1.29 is 14.7 Å². The van der Waals surface area contributed by atoms with Gasteiger partial charge in [-0.3, -0.25) is 4.90 Å². The van der Waals surface area contributed by atoms with Crippen molar-refractivity contribution in [2.75, 3.05) is 32.0 Å². The topological polar surface area (TPSA) is 72.9 Å². The van der Waals surface area contributed by atoms with Gasteiger partial charge >= 0.3 is 12.0 Å². The fourth-order valence-electron chi connectivity index (χ4n) is 2.47. The van der Waals surface area contributed by atoms with Crippen molar-refractivity contribution in [1.29, 1.82) is 0 Å². The molecule has 2 rings (SSSR count). The molecule has 114 valence electrons. The van der Waals surface area contributed by atoms with Gasteiger partial charge in [0, 0.05) is 31.4 Å². The number of piperazine rings is 1. The molecule has 0 aliphatic carbocycles. The summed E-state index contributed by atoms with van der Waals surface area (Å²) in [5, 5.41) is 11.7. The first-order valence-electron chi connectivity index (χ1n) is 7.10. The molecule has 1 unspecified atom stereocenters. The third-order valence-electron chi connectivity index (χ3n) is 3.92. The number of rotatable bonds is 3. The maximum Gasteiger partial charge on any atom is 0.335 e. The van der Waals surface area contributed by atoms with Crippen LogP contribution in [0.4, 0.5) is 10.5 Å². The van der Waals surface area contributed by atoms with E-state index in [2.05, 4.69) is 24.2 Å². The second-order valence-electron chi connectivity index (χ2n) is 5.30. The largest absolute Gasteiger partial charge is 0.478 e. The fraction of sp³-hybridized carbons (Fsp3) is 0.467. The number of hydrogen-bond donors (Lipinski definition) is 2. The van der Waals surface area contributed by atoms with Crippen LogP contribution in [0.2, 0.25) is 0 Å². The third-order valence-corrected chi connectivity index (χ3v) is 3.92. The molecule has 1 saturated heterocycles. The first-order chi connectivity index (χ1) is 10.0. The van der Waals surface area contributed by atoms with Crippen LogP contribution in [0.3, 0.4) is 0 Å². The number of nitrogens with zero attached hydrogens (tertiary/aromatic N) is 2. The Labute approximate surface area is 124 Å². The first-order valence-corrected chi connectivity index (χ1v) is 7.10. The second kappa shape index (κ2) is 6.58. The maximum absolute atomic E-state index is 12.2. The number of nitrogens with one attached hydrogen (secondary N) is 1. The van der Waals surface area contributed by atoms with E-state index in [1.807, 2.05) is 0 Å². The predicted octanol–water partition coefficient (Wildman–Crippen LogP) is 1.94. The van der Waals surface area contributed by atoms with E-state index < -0.39 is 5.97 Å². The SMILES string of the molecule is CCC1CN(C(=O)Nc2ccc(C(=O)O)cc2)CCN1C. The van der Waals surface area contributed by atoms with Gasteiger partial charge in [-0.2, -0.15) is 0 Å². The van der Waals surface area contributed by atoms with Crippen molar-refractivity contribution in [2.45, 2.75) is 19.4 Å². The molecule has 1 aliphatic rings. The Morgan fingerprint density at radius 2 is 1.95 bits per heavy atom. The summed E-state index contributed by atoms with van der Waals surface area (Å²) in [5.74, 6) is -0.974. The Morgan fingerprint density at radius 3 is 2.52 bits per heavy atom. The Balaban J connectivity index is 1.96. The number of hydrogen-bond acceptors (Lipinski definition) is 3. The van der Waals surface area contributed by atoms with Gasteiger partial charge in [-0.15, -0.1) is 0 Å². The van der Waals surface area contributed by atoms with E-state index in [1.54, 1.807) is 17.0 Å². The van der Waals surface area contributed by atoms with Crippen LogP contribution in [0.15, 0.2) is 24.3 Å². The molecule has 1 aromatic rings. The number of carbonyl (C=O) groups is 2.